The van der Waals surface area contributed by atoms with Gasteiger partial charge in [0.15, 0.2) is 0 Å². The first-order chi connectivity index (χ1) is 16.9. The molecule has 7 nitrogen and oxygen atoms in total. The molecule has 1 aliphatic heterocycles. The van der Waals surface area contributed by atoms with Gasteiger partial charge in [-0.1, -0.05) is 18.2 Å². The second-order valence-corrected chi connectivity index (χ2v) is 9.75. The number of aromatic nitrogens is 2. The predicted molar refractivity (Wildman–Crippen MR) is 129 cm³/mol. The number of carbonyl (C=O) groups excluding carboxylic acids is 1. The predicted octanol–water partition coefficient (Wildman–Crippen LogP) is 4.46. The molecule has 3 heterocycles. The zero-order chi connectivity index (χ0) is 26.3. The molecule has 192 valence electrons. The summed E-state index contributed by atoms with van der Waals surface area (Å²) in [7, 11) is 0. The number of nitrogens with zero attached hydrogens (tertiary/aromatic N) is 3. The summed E-state index contributed by atoms with van der Waals surface area (Å²) in [5, 5.41) is 25.2. The van der Waals surface area contributed by atoms with Crippen LogP contribution in [-0.4, -0.2) is 49.7 Å². The summed E-state index contributed by atoms with van der Waals surface area (Å²) in [5.74, 6) is -1.35. The van der Waals surface area contributed by atoms with Gasteiger partial charge >= 0.3 is 0 Å². The molecule has 36 heavy (non-hydrogen) atoms. The molecule has 2 aromatic heterocycles. The maximum absolute atomic E-state index is 14.7. The molecular weight excluding hydrogens is 473 g/mol. The topological polar surface area (TPSA) is 98.6 Å². The van der Waals surface area contributed by atoms with Gasteiger partial charge < -0.3 is 20.4 Å². The molecule has 3 N–H and O–H groups in total. The van der Waals surface area contributed by atoms with Crippen LogP contribution in [0.3, 0.4) is 0 Å². The van der Waals surface area contributed by atoms with Gasteiger partial charge in [-0.3, -0.25) is 14.8 Å². The monoisotopic (exact) mass is 502 g/mol. The number of alkyl halides is 2. The molecule has 1 aliphatic rings. The van der Waals surface area contributed by atoms with E-state index in [0.29, 0.717) is 22.3 Å². The maximum Gasteiger partial charge on any atom is 0.266 e. The number of likely N-dealkylation sites (tertiary alicyclic amines) is 1. The van der Waals surface area contributed by atoms with Crippen molar-refractivity contribution in [2.24, 2.45) is 0 Å². The maximum atomic E-state index is 14.7. The van der Waals surface area contributed by atoms with Gasteiger partial charge in [-0.15, -0.1) is 0 Å². The van der Waals surface area contributed by atoms with Crippen LogP contribution in [-0.2, 0) is 10.4 Å². The molecule has 1 saturated heterocycles. The van der Waals surface area contributed by atoms with E-state index in [-0.39, 0.29) is 31.5 Å². The number of piperidine rings is 1. The number of pyridine rings is 2. The van der Waals surface area contributed by atoms with E-state index < -0.39 is 41.0 Å². The van der Waals surface area contributed by atoms with Gasteiger partial charge in [0.2, 0.25) is 0 Å². The highest BCUT2D eigenvalue weighted by Crippen LogP contribution is 2.36. The summed E-state index contributed by atoms with van der Waals surface area (Å²) in [5.41, 5.74) is -1.81. The number of benzene rings is 1. The Kier molecular flexibility index (Phi) is 6.94. The minimum absolute atomic E-state index is 0.106. The number of anilines is 1. The van der Waals surface area contributed by atoms with Gasteiger partial charge in [0, 0.05) is 35.9 Å². The summed E-state index contributed by atoms with van der Waals surface area (Å²) < 4.78 is 41.0. The normalized spacial score (nSPS) is 16.9. The first kappa shape index (κ1) is 25.8. The Morgan fingerprint density at radius 2 is 1.83 bits per heavy atom. The van der Waals surface area contributed by atoms with Gasteiger partial charge in [-0.25, -0.2) is 13.2 Å². The number of carbonyl (C=O) groups is 1. The highest BCUT2D eigenvalue weighted by atomic mass is 19.3. The van der Waals surface area contributed by atoms with Crippen molar-refractivity contribution in [3.8, 4) is 0 Å². The summed E-state index contributed by atoms with van der Waals surface area (Å²) >= 11 is 0. The molecule has 0 bridgehead atoms. The molecule has 1 aromatic carbocycles. The largest absolute Gasteiger partial charge is 0.383 e. The van der Waals surface area contributed by atoms with E-state index in [1.165, 1.54) is 37.1 Å². The first-order valence-electron chi connectivity index (χ1n) is 11.7. The summed E-state index contributed by atoms with van der Waals surface area (Å²) in [6.45, 7) is 5.05. The number of nitrogens with one attached hydrogen (secondary N) is 1. The minimum Gasteiger partial charge on any atom is -0.383 e. The molecule has 0 radical (unpaired) electrons. The molecule has 0 spiro atoms. The Hall–Kier alpha value is -3.24. The third-order valence-electron chi connectivity index (χ3n) is 6.64. The fourth-order valence-electron chi connectivity index (χ4n) is 4.53. The van der Waals surface area contributed by atoms with Crippen molar-refractivity contribution < 1.29 is 28.2 Å². The summed E-state index contributed by atoms with van der Waals surface area (Å²) in [6.07, 6.45) is 0.639. The van der Waals surface area contributed by atoms with E-state index in [0.717, 1.165) is 6.07 Å². The second-order valence-electron chi connectivity index (χ2n) is 9.75. The molecule has 1 fully saturated rings. The molecule has 4 rings (SSSR count). The van der Waals surface area contributed by atoms with Crippen molar-refractivity contribution in [1.29, 1.82) is 0 Å². The Balaban J connectivity index is 1.60. The molecule has 0 aliphatic carbocycles. The van der Waals surface area contributed by atoms with E-state index >= 15 is 0 Å². The molecular formula is C26H29F3N4O3. The van der Waals surface area contributed by atoms with Crippen LogP contribution in [0.25, 0.3) is 10.9 Å². The van der Waals surface area contributed by atoms with Crippen molar-refractivity contribution in [2.75, 3.05) is 18.4 Å². The van der Waals surface area contributed by atoms with Crippen molar-refractivity contribution >= 4 is 22.5 Å². The Bertz CT molecular complexity index is 1270. The van der Waals surface area contributed by atoms with Crippen LogP contribution in [0.1, 0.15) is 62.9 Å². The minimum atomic E-state index is -2.92. The molecule has 1 atom stereocenters. The summed E-state index contributed by atoms with van der Waals surface area (Å²) in [4.78, 5) is 22.6. The number of hydrogen-bond donors (Lipinski definition) is 3. The van der Waals surface area contributed by atoms with Crippen LogP contribution in [0, 0.1) is 5.82 Å². The van der Waals surface area contributed by atoms with Crippen LogP contribution in [0.4, 0.5) is 18.9 Å². The van der Waals surface area contributed by atoms with Gasteiger partial charge in [-0.05, 0) is 45.7 Å². The van der Waals surface area contributed by atoms with Crippen LogP contribution in [0.15, 0.2) is 42.7 Å². The van der Waals surface area contributed by atoms with E-state index in [4.69, 9.17) is 0 Å². The quantitative estimate of drug-likeness (QED) is 0.461. The zero-order valence-corrected chi connectivity index (χ0v) is 20.3. The lowest BCUT2D eigenvalue weighted by Gasteiger charge is -2.39. The second kappa shape index (κ2) is 9.67. The third-order valence-corrected chi connectivity index (χ3v) is 6.64. The lowest BCUT2D eigenvalue weighted by atomic mass is 9.86. The van der Waals surface area contributed by atoms with Crippen LogP contribution >= 0.6 is 0 Å². The standard InChI is InChI=1S/C26H29F3N4O3/c1-15(16-5-4-6-17(22(16)27)23(28)29)32-19-7-10-30-20-14-31-21(13-18(19)20)26(36)8-11-33(12-9-26)24(34)25(2,3)35/h4-7,10,13-15,23,35-36H,8-9,11-12H2,1-3H3,(H,30,32)/t15-/m1/s1. The van der Waals surface area contributed by atoms with Gasteiger partial charge in [0.05, 0.1) is 29.0 Å². The Labute approximate surface area is 207 Å². The number of amides is 1. The lowest BCUT2D eigenvalue weighted by Crippen LogP contribution is -2.51. The fraction of sp³-hybridized carbons (Fsp3) is 0.423. The molecule has 3 aromatic rings. The molecule has 1 amide bonds. The number of rotatable bonds is 6. The number of hydrogen-bond acceptors (Lipinski definition) is 6. The molecule has 10 heteroatoms. The fourth-order valence-corrected chi connectivity index (χ4v) is 4.53. The van der Waals surface area contributed by atoms with Crippen molar-refractivity contribution in [2.45, 2.75) is 57.3 Å². The van der Waals surface area contributed by atoms with E-state index in [1.807, 2.05) is 0 Å². The molecule has 0 unspecified atom stereocenters. The summed E-state index contributed by atoms with van der Waals surface area (Å²) in [6, 6.07) is 6.68. The van der Waals surface area contributed by atoms with E-state index in [1.54, 1.807) is 25.3 Å². The van der Waals surface area contributed by atoms with Gasteiger partial charge in [0.1, 0.15) is 17.0 Å². The highest BCUT2D eigenvalue weighted by molar-refractivity contribution is 5.91. The average Bonchev–Trinajstić information content (AvgIpc) is 2.83. The van der Waals surface area contributed by atoms with Crippen molar-refractivity contribution in [3.05, 3.63) is 65.4 Å². The lowest BCUT2D eigenvalue weighted by molar-refractivity contribution is -0.152. The zero-order valence-electron chi connectivity index (χ0n) is 20.3. The van der Waals surface area contributed by atoms with Crippen LogP contribution in [0.5, 0.6) is 0 Å². The highest BCUT2D eigenvalue weighted by Gasteiger charge is 2.39. The molecule has 0 saturated carbocycles. The van der Waals surface area contributed by atoms with Gasteiger partial charge in [-0.2, -0.15) is 0 Å². The van der Waals surface area contributed by atoms with Crippen LogP contribution in [0.2, 0.25) is 0 Å². The van der Waals surface area contributed by atoms with Crippen molar-refractivity contribution in [1.82, 2.24) is 14.9 Å². The average molecular weight is 503 g/mol. The smallest absolute Gasteiger partial charge is 0.266 e. The van der Waals surface area contributed by atoms with Crippen LogP contribution < -0.4 is 5.32 Å². The number of aliphatic hydroxyl groups is 2. The third kappa shape index (κ3) is 5.01. The number of halogens is 3. The van der Waals surface area contributed by atoms with E-state index in [2.05, 4.69) is 15.3 Å². The van der Waals surface area contributed by atoms with Gasteiger partial charge in [0.25, 0.3) is 12.3 Å². The van der Waals surface area contributed by atoms with Crippen molar-refractivity contribution in [3.63, 3.8) is 0 Å². The first-order valence-corrected chi connectivity index (χ1v) is 11.7. The Morgan fingerprint density at radius 3 is 2.47 bits per heavy atom. The van der Waals surface area contributed by atoms with E-state index in [9.17, 15) is 28.2 Å². The SMILES string of the molecule is C[C@@H](Nc1ccnc2cnc(C3(O)CCN(C(=O)C(C)(C)O)CC3)cc12)c1cccc(C(F)F)c1F. The number of fused-ring (bicyclic) bond motifs is 1. The Morgan fingerprint density at radius 1 is 1.17 bits per heavy atom.